The van der Waals surface area contributed by atoms with Crippen molar-refractivity contribution in [3.05, 3.63) is 10.7 Å². The first kappa shape index (κ1) is 8.12. The lowest BCUT2D eigenvalue weighted by atomic mass is 10.5. The number of rotatable bonds is 2. The summed E-state index contributed by atoms with van der Waals surface area (Å²) in [4.78, 5) is 10.0. The van der Waals surface area contributed by atoms with E-state index in [2.05, 4.69) is 12.6 Å². The SMILES string of the molecule is NN/C(C(=O)O)=C(\N)S. The molecule has 0 radical (unpaired) electrons. The van der Waals surface area contributed by atoms with E-state index in [0.717, 1.165) is 0 Å². The molecule has 5 nitrogen and oxygen atoms in total. The van der Waals surface area contributed by atoms with Crippen LogP contribution in [0.4, 0.5) is 0 Å². The van der Waals surface area contributed by atoms with Gasteiger partial charge >= 0.3 is 5.97 Å². The van der Waals surface area contributed by atoms with E-state index in [1.807, 2.05) is 5.43 Å². The molecule has 6 N–H and O–H groups in total. The van der Waals surface area contributed by atoms with Crippen molar-refractivity contribution < 1.29 is 9.90 Å². The van der Waals surface area contributed by atoms with E-state index in [1.165, 1.54) is 0 Å². The summed E-state index contributed by atoms with van der Waals surface area (Å²) >= 11 is 3.55. The fraction of sp³-hybridized carbons (Fsp3) is 0. The summed E-state index contributed by atoms with van der Waals surface area (Å²) in [6.45, 7) is 0. The van der Waals surface area contributed by atoms with Crippen LogP contribution in [0.5, 0.6) is 0 Å². The minimum Gasteiger partial charge on any atom is -0.476 e. The lowest BCUT2D eigenvalue weighted by Gasteiger charge is -1.99. The molecular formula is C3H7N3O2S. The second-order valence-electron chi connectivity index (χ2n) is 1.21. The van der Waals surface area contributed by atoms with Crippen molar-refractivity contribution >= 4 is 18.6 Å². The Hall–Kier alpha value is -0.880. The first-order chi connectivity index (χ1) is 4.09. The third-order valence-corrected chi connectivity index (χ3v) is 0.838. The number of hydrogen-bond donors (Lipinski definition) is 5. The summed E-state index contributed by atoms with van der Waals surface area (Å²) in [6.07, 6.45) is 0. The average molecular weight is 149 g/mol. The molecule has 0 aliphatic heterocycles. The number of aliphatic carboxylic acids is 1. The van der Waals surface area contributed by atoms with Gasteiger partial charge in [-0.15, -0.1) is 12.6 Å². The number of thiol groups is 1. The first-order valence-corrected chi connectivity index (χ1v) is 2.43. The quantitative estimate of drug-likeness (QED) is 0.144. The summed E-state index contributed by atoms with van der Waals surface area (Å²) in [7, 11) is 0. The molecular weight excluding hydrogens is 142 g/mol. The van der Waals surface area contributed by atoms with Crippen molar-refractivity contribution in [2.24, 2.45) is 11.6 Å². The minimum absolute atomic E-state index is 0.148. The Morgan fingerprint density at radius 1 is 1.67 bits per heavy atom. The van der Waals surface area contributed by atoms with Crippen molar-refractivity contribution in [3.8, 4) is 0 Å². The molecule has 0 bridgehead atoms. The maximum absolute atomic E-state index is 10.0. The maximum atomic E-state index is 10.0. The standard InChI is InChI=1S/C3H7N3O2S/c4-2(9)1(6-5)3(7)8/h6,9H,4-5H2,(H,7,8)/b2-1+. The second kappa shape index (κ2) is 3.21. The van der Waals surface area contributed by atoms with Crippen LogP contribution >= 0.6 is 12.6 Å². The van der Waals surface area contributed by atoms with E-state index >= 15 is 0 Å². The van der Waals surface area contributed by atoms with Crippen LogP contribution in [0.15, 0.2) is 10.7 Å². The van der Waals surface area contributed by atoms with Gasteiger partial charge in [-0.05, 0) is 0 Å². The highest BCUT2D eigenvalue weighted by molar-refractivity contribution is 7.84. The topological polar surface area (TPSA) is 101 Å². The van der Waals surface area contributed by atoms with E-state index in [1.54, 1.807) is 0 Å². The monoisotopic (exact) mass is 149 g/mol. The molecule has 0 fully saturated rings. The Balaban J connectivity index is 4.35. The predicted octanol–water partition coefficient (Wildman–Crippen LogP) is -1.41. The van der Waals surface area contributed by atoms with Gasteiger partial charge in [0.05, 0.1) is 5.03 Å². The molecule has 0 aliphatic carbocycles. The van der Waals surface area contributed by atoms with E-state index < -0.39 is 5.97 Å². The van der Waals surface area contributed by atoms with Crippen LogP contribution in [0.1, 0.15) is 0 Å². The smallest absolute Gasteiger partial charge is 0.356 e. The fourth-order valence-corrected chi connectivity index (χ4v) is 0.405. The maximum Gasteiger partial charge on any atom is 0.356 e. The van der Waals surface area contributed by atoms with Gasteiger partial charge in [0.1, 0.15) is 0 Å². The van der Waals surface area contributed by atoms with Crippen LogP contribution in [0.25, 0.3) is 0 Å². The third-order valence-electron chi connectivity index (χ3n) is 0.614. The van der Waals surface area contributed by atoms with Gasteiger partial charge in [0.15, 0.2) is 5.70 Å². The van der Waals surface area contributed by atoms with E-state index in [9.17, 15) is 4.79 Å². The zero-order chi connectivity index (χ0) is 7.44. The number of carboxylic acid groups (broad SMARTS) is 1. The average Bonchev–Trinajstić information content (AvgIpc) is 1.64. The fourth-order valence-electron chi connectivity index (χ4n) is 0.245. The molecule has 0 rings (SSSR count). The van der Waals surface area contributed by atoms with Crippen molar-refractivity contribution in [1.29, 1.82) is 0 Å². The van der Waals surface area contributed by atoms with Gasteiger partial charge in [0.2, 0.25) is 0 Å². The van der Waals surface area contributed by atoms with Crippen LogP contribution in [-0.4, -0.2) is 11.1 Å². The third kappa shape index (κ3) is 2.24. The molecule has 0 spiro atoms. The van der Waals surface area contributed by atoms with Gasteiger partial charge in [-0.3, -0.25) is 5.84 Å². The number of hydrazine groups is 1. The molecule has 0 amide bonds. The Bertz CT molecular complexity index is 151. The van der Waals surface area contributed by atoms with Gasteiger partial charge in [0, 0.05) is 0 Å². The van der Waals surface area contributed by atoms with Gasteiger partial charge < -0.3 is 16.3 Å². The van der Waals surface area contributed by atoms with Gasteiger partial charge in [-0.2, -0.15) is 0 Å². The van der Waals surface area contributed by atoms with Gasteiger partial charge in [0.25, 0.3) is 0 Å². The normalized spacial score (nSPS) is 12.2. The molecule has 0 atom stereocenters. The molecule has 0 saturated carbocycles. The van der Waals surface area contributed by atoms with Gasteiger partial charge in [-0.25, -0.2) is 4.79 Å². The Morgan fingerprint density at radius 3 is 2.11 bits per heavy atom. The van der Waals surface area contributed by atoms with Crippen LogP contribution in [0.2, 0.25) is 0 Å². The largest absolute Gasteiger partial charge is 0.476 e. The molecule has 0 aromatic rings. The van der Waals surface area contributed by atoms with Crippen molar-refractivity contribution in [1.82, 2.24) is 5.43 Å². The second-order valence-corrected chi connectivity index (χ2v) is 1.69. The molecule has 0 heterocycles. The molecule has 0 aliphatic rings. The van der Waals surface area contributed by atoms with E-state index in [0.29, 0.717) is 0 Å². The highest BCUT2D eigenvalue weighted by Crippen LogP contribution is 1.96. The Kier molecular flexibility index (Phi) is 2.89. The Labute approximate surface area is 57.1 Å². The van der Waals surface area contributed by atoms with Crippen molar-refractivity contribution in [2.75, 3.05) is 0 Å². The molecule has 52 valence electrons. The van der Waals surface area contributed by atoms with Crippen LogP contribution in [-0.2, 0) is 4.79 Å². The molecule has 0 aromatic heterocycles. The zero-order valence-corrected chi connectivity index (χ0v) is 5.35. The van der Waals surface area contributed by atoms with Crippen molar-refractivity contribution in [2.45, 2.75) is 0 Å². The summed E-state index contributed by atoms with van der Waals surface area (Å²) in [5, 5.41) is 8.07. The highest BCUT2D eigenvalue weighted by Gasteiger charge is 2.06. The van der Waals surface area contributed by atoms with Crippen LogP contribution in [0, 0.1) is 0 Å². The number of hydrogen-bond acceptors (Lipinski definition) is 5. The lowest BCUT2D eigenvalue weighted by molar-refractivity contribution is -0.133. The Morgan fingerprint density at radius 2 is 2.11 bits per heavy atom. The zero-order valence-electron chi connectivity index (χ0n) is 4.46. The number of carbonyl (C=O) groups is 1. The van der Waals surface area contributed by atoms with E-state index in [4.69, 9.17) is 16.7 Å². The van der Waals surface area contributed by atoms with Crippen LogP contribution < -0.4 is 17.0 Å². The van der Waals surface area contributed by atoms with Gasteiger partial charge in [-0.1, -0.05) is 0 Å². The number of carboxylic acids is 1. The number of nitrogens with two attached hydrogens (primary N) is 2. The van der Waals surface area contributed by atoms with Crippen molar-refractivity contribution in [3.63, 3.8) is 0 Å². The molecule has 9 heavy (non-hydrogen) atoms. The first-order valence-electron chi connectivity index (χ1n) is 1.98. The summed E-state index contributed by atoms with van der Waals surface area (Å²) in [5.74, 6) is 3.53. The van der Waals surface area contributed by atoms with E-state index in [-0.39, 0.29) is 10.7 Å². The molecule has 0 aromatic carbocycles. The lowest BCUT2D eigenvalue weighted by Crippen LogP contribution is -2.28. The summed E-state index contributed by atoms with van der Waals surface area (Å²) < 4.78 is 0. The molecule has 0 saturated heterocycles. The summed E-state index contributed by atoms with van der Waals surface area (Å²) in [5.41, 5.74) is 6.54. The molecule has 6 heteroatoms. The number of nitrogens with one attached hydrogen (secondary N) is 1. The highest BCUT2D eigenvalue weighted by atomic mass is 32.1. The predicted molar refractivity (Wildman–Crippen MR) is 35.2 cm³/mol. The van der Waals surface area contributed by atoms with Crippen LogP contribution in [0.3, 0.4) is 0 Å². The summed E-state index contributed by atoms with van der Waals surface area (Å²) in [6, 6.07) is 0. The molecule has 0 unspecified atom stereocenters. The minimum atomic E-state index is -1.23.